The molecule has 11 heteroatoms. The Labute approximate surface area is 210 Å². The van der Waals surface area contributed by atoms with E-state index >= 15 is 0 Å². The van der Waals surface area contributed by atoms with Crippen LogP contribution in [0.4, 0.5) is 11.4 Å². The normalized spacial score (nSPS) is 11.6. The SMILES string of the molecule is COc1cc2c(cc1NC(=O)[C@@H](C)OC(=O)CCNC(=O)c1ccc([N+](=O)[O-])cc1)oc1ccccc12. The Kier molecular flexibility index (Phi) is 7.33. The highest BCUT2D eigenvalue weighted by atomic mass is 16.6. The van der Waals surface area contributed by atoms with Crippen molar-refractivity contribution in [1.29, 1.82) is 0 Å². The number of hydrogen-bond acceptors (Lipinski definition) is 8. The fourth-order valence-corrected chi connectivity index (χ4v) is 3.68. The van der Waals surface area contributed by atoms with Crippen LogP contribution in [-0.4, -0.2) is 42.5 Å². The van der Waals surface area contributed by atoms with Crippen molar-refractivity contribution in [2.24, 2.45) is 0 Å². The maximum atomic E-state index is 12.7. The molecule has 0 saturated carbocycles. The standard InChI is InChI=1S/C26H23N3O8/c1-15(36-24(30)11-12-27-26(32)16-7-9-17(10-8-16)29(33)34)25(31)28-20-14-22-19(13-23(20)35-2)18-5-3-4-6-21(18)37-22/h3-10,13-15H,11-12H2,1-2H3,(H,27,32)(H,28,31)/t15-/m1/s1. The van der Waals surface area contributed by atoms with Gasteiger partial charge in [-0.1, -0.05) is 18.2 Å². The minimum Gasteiger partial charge on any atom is -0.495 e. The number of hydrogen-bond donors (Lipinski definition) is 2. The van der Waals surface area contributed by atoms with Gasteiger partial charge < -0.3 is 24.5 Å². The maximum Gasteiger partial charge on any atom is 0.308 e. The number of fused-ring (bicyclic) bond motifs is 3. The first-order chi connectivity index (χ1) is 17.8. The van der Waals surface area contributed by atoms with Crippen LogP contribution in [0.2, 0.25) is 0 Å². The zero-order chi connectivity index (χ0) is 26.5. The third kappa shape index (κ3) is 5.67. The van der Waals surface area contributed by atoms with E-state index < -0.39 is 28.8 Å². The predicted octanol–water partition coefficient (Wildman–Crippen LogP) is 4.19. The number of carbonyl (C=O) groups excluding carboxylic acids is 3. The fraction of sp³-hybridized carbons (Fsp3) is 0.192. The van der Waals surface area contributed by atoms with E-state index in [0.29, 0.717) is 22.6 Å². The van der Waals surface area contributed by atoms with Crippen LogP contribution in [0, 0.1) is 10.1 Å². The largest absolute Gasteiger partial charge is 0.495 e. The molecule has 0 bridgehead atoms. The highest BCUT2D eigenvalue weighted by Gasteiger charge is 2.21. The molecule has 0 aliphatic heterocycles. The number of ether oxygens (including phenoxy) is 2. The molecule has 11 nitrogen and oxygen atoms in total. The molecule has 0 aliphatic carbocycles. The van der Waals surface area contributed by atoms with Crippen molar-refractivity contribution in [1.82, 2.24) is 5.32 Å². The number of benzene rings is 3. The molecular weight excluding hydrogens is 482 g/mol. The Balaban J connectivity index is 1.31. The molecule has 1 aromatic heterocycles. The van der Waals surface area contributed by atoms with Gasteiger partial charge in [-0.3, -0.25) is 24.5 Å². The van der Waals surface area contributed by atoms with Gasteiger partial charge in [0.25, 0.3) is 17.5 Å². The molecule has 4 rings (SSSR count). The van der Waals surface area contributed by atoms with Crippen LogP contribution in [0.5, 0.6) is 5.75 Å². The topological polar surface area (TPSA) is 150 Å². The summed E-state index contributed by atoms with van der Waals surface area (Å²) in [5.41, 5.74) is 1.69. The third-order valence-electron chi connectivity index (χ3n) is 5.59. The van der Waals surface area contributed by atoms with Crippen molar-refractivity contribution in [2.75, 3.05) is 19.0 Å². The molecule has 4 aromatic rings. The van der Waals surface area contributed by atoms with Gasteiger partial charge >= 0.3 is 5.97 Å². The average Bonchev–Trinajstić information content (AvgIpc) is 3.25. The molecule has 1 heterocycles. The van der Waals surface area contributed by atoms with Gasteiger partial charge in [0.15, 0.2) is 6.10 Å². The van der Waals surface area contributed by atoms with Gasteiger partial charge in [-0.2, -0.15) is 0 Å². The van der Waals surface area contributed by atoms with Crippen molar-refractivity contribution in [3.8, 4) is 5.75 Å². The Morgan fingerprint density at radius 2 is 1.76 bits per heavy atom. The summed E-state index contributed by atoms with van der Waals surface area (Å²) < 4.78 is 16.5. The minimum absolute atomic E-state index is 0.0421. The first-order valence-electron chi connectivity index (χ1n) is 11.3. The van der Waals surface area contributed by atoms with Crippen LogP contribution in [0.15, 0.2) is 65.1 Å². The Hall–Kier alpha value is -4.93. The molecule has 0 radical (unpaired) electrons. The van der Waals surface area contributed by atoms with Gasteiger partial charge in [0.2, 0.25) is 0 Å². The smallest absolute Gasteiger partial charge is 0.308 e. The summed E-state index contributed by atoms with van der Waals surface area (Å²) in [5.74, 6) is -1.34. The van der Waals surface area contributed by atoms with Crippen LogP contribution in [0.3, 0.4) is 0 Å². The monoisotopic (exact) mass is 505 g/mol. The molecule has 190 valence electrons. The lowest BCUT2D eigenvalue weighted by Crippen LogP contribution is -2.32. The summed E-state index contributed by atoms with van der Waals surface area (Å²) in [7, 11) is 1.48. The zero-order valence-corrected chi connectivity index (χ0v) is 20.0. The van der Waals surface area contributed by atoms with Crippen molar-refractivity contribution in [2.45, 2.75) is 19.4 Å². The zero-order valence-electron chi connectivity index (χ0n) is 20.0. The van der Waals surface area contributed by atoms with Crippen LogP contribution in [-0.2, 0) is 14.3 Å². The molecule has 1 atom stereocenters. The molecule has 3 aromatic carbocycles. The van der Waals surface area contributed by atoms with Crippen LogP contribution in [0.25, 0.3) is 21.9 Å². The predicted molar refractivity (Wildman–Crippen MR) is 135 cm³/mol. The number of nitro benzene ring substituents is 1. The highest BCUT2D eigenvalue weighted by molar-refractivity contribution is 6.08. The summed E-state index contributed by atoms with van der Waals surface area (Å²) in [6, 6.07) is 16.0. The molecule has 2 N–H and O–H groups in total. The number of anilines is 1. The summed E-state index contributed by atoms with van der Waals surface area (Å²) in [5, 5.41) is 17.7. The second kappa shape index (κ2) is 10.8. The lowest BCUT2D eigenvalue weighted by Gasteiger charge is -2.15. The van der Waals surface area contributed by atoms with Gasteiger partial charge in [0.1, 0.15) is 16.9 Å². The van der Waals surface area contributed by atoms with Crippen molar-refractivity contribution in [3.63, 3.8) is 0 Å². The Morgan fingerprint density at radius 3 is 2.46 bits per heavy atom. The number of nitrogens with one attached hydrogen (secondary N) is 2. The number of para-hydroxylation sites is 1. The number of rotatable bonds is 9. The number of esters is 1. The third-order valence-corrected chi connectivity index (χ3v) is 5.59. The van der Waals surface area contributed by atoms with Crippen LogP contribution < -0.4 is 15.4 Å². The first-order valence-corrected chi connectivity index (χ1v) is 11.3. The number of methoxy groups -OCH3 is 1. The number of nitro groups is 1. The van der Waals surface area contributed by atoms with Gasteiger partial charge in [-0.05, 0) is 31.2 Å². The number of furan rings is 1. The van der Waals surface area contributed by atoms with Crippen molar-refractivity contribution in [3.05, 3.63) is 76.3 Å². The van der Waals surface area contributed by atoms with E-state index in [4.69, 9.17) is 13.9 Å². The van der Waals surface area contributed by atoms with Gasteiger partial charge in [0, 0.05) is 41.1 Å². The molecule has 0 spiro atoms. The van der Waals surface area contributed by atoms with Gasteiger partial charge in [-0.15, -0.1) is 0 Å². The summed E-state index contributed by atoms with van der Waals surface area (Å²) >= 11 is 0. The molecule has 0 aliphatic rings. The first kappa shape index (κ1) is 25.2. The Bertz CT molecular complexity index is 1490. The average molecular weight is 505 g/mol. The molecule has 0 unspecified atom stereocenters. The van der Waals surface area contributed by atoms with E-state index in [1.807, 2.05) is 24.3 Å². The van der Waals surface area contributed by atoms with E-state index in [1.54, 1.807) is 12.1 Å². The second-order valence-electron chi connectivity index (χ2n) is 8.08. The number of amides is 2. The lowest BCUT2D eigenvalue weighted by atomic mass is 10.1. The summed E-state index contributed by atoms with van der Waals surface area (Å²) in [4.78, 5) is 47.1. The van der Waals surface area contributed by atoms with Crippen molar-refractivity contribution < 1.29 is 33.2 Å². The van der Waals surface area contributed by atoms with Crippen molar-refractivity contribution >= 4 is 51.1 Å². The molecule has 37 heavy (non-hydrogen) atoms. The number of non-ortho nitro benzene ring substituents is 1. The van der Waals surface area contributed by atoms with E-state index in [-0.39, 0.29) is 24.2 Å². The summed E-state index contributed by atoms with van der Waals surface area (Å²) in [6.07, 6.45) is -1.29. The van der Waals surface area contributed by atoms with E-state index in [2.05, 4.69) is 10.6 Å². The quantitative estimate of drug-likeness (QED) is 0.195. The Morgan fingerprint density at radius 1 is 1.03 bits per heavy atom. The number of carbonyl (C=O) groups is 3. The van der Waals surface area contributed by atoms with Crippen LogP contribution in [0.1, 0.15) is 23.7 Å². The second-order valence-corrected chi connectivity index (χ2v) is 8.08. The van der Waals surface area contributed by atoms with E-state index in [9.17, 15) is 24.5 Å². The lowest BCUT2D eigenvalue weighted by molar-refractivity contribution is -0.384. The van der Waals surface area contributed by atoms with Gasteiger partial charge in [-0.25, -0.2) is 0 Å². The maximum absolute atomic E-state index is 12.7. The molecule has 2 amide bonds. The fourth-order valence-electron chi connectivity index (χ4n) is 3.68. The van der Waals surface area contributed by atoms with E-state index in [1.165, 1.54) is 38.3 Å². The summed E-state index contributed by atoms with van der Waals surface area (Å²) in [6.45, 7) is 1.38. The van der Waals surface area contributed by atoms with Crippen LogP contribution >= 0.6 is 0 Å². The molecule has 0 fully saturated rings. The molecule has 0 saturated heterocycles. The van der Waals surface area contributed by atoms with E-state index in [0.717, 1.165) is 10.8 Å². The molecular formula is C26H23N3O8. The number of nitrogens with zero attached hydrogens (tertiary/aromatic N) is 1. The highest BCUT2D eigenvalue weighted by Crippen LogP contribution is 2.36. The van der Waals surface area contributed by atoms with Gasteiger partial charge in [0.05, 0.1) is 24.1 Å². The minimum atomic E-state index is -1.12.